The van der Waals surface area contributed by atoms with Crippen LogP contribution in [0.5, 0.6) is 5.75 Å². The summed E-state index contributed by atoms with van der Waals surface area (Å²) in [4.78, 5) is 36.6. The highest BCUT2D eigenvalue weighted by atomic mass is 16.5. The van der Waals surface area contributed by atoms with Crippen LogP contribution < -0.4 is 15.0 Å². The Labute approximate surface area is 235 Å². The van der Waals surface area contributed by atoms with E-state index in [9.17, 15) is 19.8 Å². The number of nitrogens with zero attached hydrogens (tertiary/aromatic N) is 4. The van der Waals surface area contributed by atoms with Crippen molar-refractivity contribution in [2.45, 2.75) is 44.3 Å². The van der Waals surface area contributed by atoms with Crippen LogP contribution in [-0.2, 0) is 16.0 Å². The number of carbonyl (C=O) groups excluding carboxylic acids is 2. The number of anilines is 1. The Morgan fingerprint density at radius 2 is 1.75 bits per heavy atom. The lowest BCUT2D eigenvalue weighted by Crippen LogP contribution is -2.51. The van der Waals surface area contributed by atoms with Gasteiger partial charge in [0.25, 0.3) is 5.91 Å². The summed E-state index contributed by atoms with van der Waals surface area (Å²) < 4.78 is 5.72. The maximum Gasteiger partial charge on any atom is 0.257 e. The van der Waals surface area contributed by atoms with Gasteiger partial charge in [0.2, 0.25) is 5.91 Å². The quantitative estimate of drug-likeness (QED) is 0.517. The molecule has 2 fully saturated rings. The fourth-order valence-electron chi connectivity index (χ4n) is 6.07. The van der Waals surface area contributed by atoms with E-state index in [1.807, 2.05) is 47.5 Å². The van der Waals surface area contributed by atoms with Crippen LogP contribution in [0.1, 0.15) is 31.2 Å². The number of para-hydroxylation sites is 1. The number of likely N-dealkylation sites (tertiary alicyclic amines) is 1. The number of piperazine rings is 1. The van der Waals surface area contributed by atoms with Gasteiger partial charge in [-0.1, -0.05) is 24.3 Å². The van der Waals surface area contributed by atoms with Crippen molar-refractivity contribution >= 4 is 17.6 Å². The first-order chi connectivity index (χ1) is 19.4. The van der Waals surface area contributed by atoms with Crippen LogP contribution in [0.15, 0.2) is 48.7 Å². The van der Waals surface area contributed by atoms with E-state index in [0.29, 0.717) is 51.1 Å². The standard InChI is InChI=1S/C30H41N5O5/c36-24-19-23-5-1-2-6-26(23)40-21-28(38)32-22-30(20-25(24)37)9-13-35(14-10-30)29(39)8-12-33-15-17-34(18-16-33)27-7-3-4-11-31-27/h1-7,11,24-25,36-37H,8-10,12-22H2,(H,32,38)/t24-,25+/m0/s1. The van der Waals surface area contributed by atoms with Crippen molar-refractivity contribution in [3.05, 3.63) is 54.2 Å². The normalized spacial score (nSPS) is 24.3. The van der Waals surface area contributed by atoms with E-state index in [4.69, 9.17) is 4.74 Å². The number of aliphatic hydroxyl groups excluding tert-OH is 2. The summed E-state index contributed by atoms with van der Waals surface area (Å²) >= 11 is 0. The van der Waals surface area contributed by atoms with Crippen molar-refractivity contribution in [2.75, 3.05) is 63.9 Å². The molecule has 1 aromatic heterocycles. The third-order valence-electron chi connectivity index (χ3n) is 8.67. The van der Waals surface area contributed by atoms with Crippen molar-refractivity contribution in [2.24, 2.45) is 5.41 Å². The van der Waals surface area contributed by atoms with E-state index >= 15 is 0 Å². The Bertz CT molecular complexity index is 1130. The van der Waals surface area contributed by atoms with E-state index in [1.165, 1.54) is 0 Å². The Morgan fingerprint density at radius 3 is 2.50 bits per heavy atom. The van der Waals surface area contributed by atoms with Crippen LogP contribution in [0, 0.1) is 5.41 Å². The Hall–Kier alpha value is -3.21. The lowest BCUT2D eigenvalue weighted by molar-refractivity contribution is -0.135. The van der Waals surface area contributed by atoms with Crippen LogP contribution in [0.4, 0.5) is 5.82 Å². The molecule has 0 unspecified atom stereocenters. The third-order valence-corrected chi connectivity index (χ3v) is 8.67. The van der Waals surface area contributed by atoms with Gasteiger partial charge in [-0.15, -0.1) is 0 Å². The van der Waals surface area contributed by atoms with E-state index < -0.39 is 17.6 Å². The first-order valence-electron chi connectivity index (χ1n) is 14.4. The highest BCUT2D eigenvalue weighted by Crippen LogP contribution is 2.37. The number of carbonyl (C=O) groups is 2. The molecule has 2 aromatic rings. The van der Waals surface area contributed by atoms with Crippen molar-refractivity contribution in [1.29, 1.82) is 0 Å². The number of aliphatic hydroxyl groups is 2. The minimum Gasteiger partial charge on any atom is -0.483 e. The number of ether oxygens (including phenoxy) is 1. The number of fused-ring (bicyclic) bond motifs is 1. The van der Waals surface area contributed by atoms with Crippen molar-refractivity contribution < 1.29 is 24.5 Å². The molecule has 2 amide bonds. The van der Waals surface area contributed by atoms with E-state index in [1.54, 1.807) is 6.07 Å². The molecule has 10 nitrogen and oxygen atoms in total. The SMILES string of the molecule is O=C1COc2ccccc2C[C@H](O)[C@H](O)CC2(CCN(C(=O)CCN3CCN(c4ccccn4)CC3)CC2)CN1. The van der Waals surface area contributed by atoms with Gasteiger partial charge in [-0.25, -0.2) is 4.98 Å². The van der Waals surface area contributed by atoms with Gasteiger partial charge in [-0.2, -0.15) is 0 Å². The molecule has 1 spiro atoms. The largest absolute Gasteiger partial charge is 0.483 e. The van der Waals surface area contributed by atoms with Gasteiger partial charge in [0.15, 0.2) is 6.61 Å². The van der Waals surface area contributed by atoms with Gasteiger partial charge in [-0.3, -0.25) is 14.5 Å². The Kier molecular flexibility index (Phi) is 9.18. The predicted molar refractivity (Wildman–Crippen MR) is 151 cm³/mol. The summed E-state index contributed by atoms with van der Waals surface area (Å²) in [6.45, 7) is 5.76. The summed E-state index contributed by atoms with van der Waals surface area (Å²) in [5.41, 5.74) is 0.364. The van der Waals surface area contributed by atoms with Crippen LogP contribution in [0.25, 0.3) is 0 Å². The number of amides is 2. The minimum atomic E-state index is -0.949. The van der Waals surface area contributed by atoms with Gasteiger partial charge in [-0.05, 0) is 48.4 Å². The number of pyridine rings is 1. The zero-order valence-electron chi connectivity index (χ0n) is 23.1. The molecule has 2 saturated heterocycles. The Morgan fingerprint density at radius 1 is 1.00 bits per heavy atom. The molecule has 0 aliphatic carbocycles. The monoisotopic (exact) mass is 551 g/mol. The van der Waals surface area contributed by atoms with Crippen LogP contribution >= 0.6 is 0 Å². The third kappa shape index (κ3) is 7.10. The number of rotatable bonds is 4. The second-order valence-corrected chi connectivity index (χ2v) is 11.4. The number of hydrogen-bond donors (Lipinski definition) is 3. The average Bonchev–Trinajstić information content (AvgIpc) is 2.99. The summed E-state index contributed by atoms with van der Waals surface area (Å²) in [5, 5.41) is 24.8. The van der Waals surface area contributed by atoms with Gasteiger partial charge >= 0.3 is 0 Å². The molecule has 5 rings (SSSR count). The van der Waals surface area contributed by atoms with Gasteiger partial charge < -0.3 is 30.1 Å². The molecule has 3 aliphatic rings. The van der Waals surface area contributed by atoms with E-state index in [0.717, 1.165) is 44.1 Å². The van der Waals surface area contributed by atoms with E-state index in [2.05, 4.69) is 20.1 Å². The molecule has 216 valence electrons. The second-order valence-electron chi connectivity index (χ2n) is 11.4. The average molecular weight is 552 g/mol. The fraction of sp³-hybridized carbons (Fsp3) is 0.567. The summed E-state index contributed by atoms with van der Waals surface area (Å²) in [7, 11) is 0. The maximum absolute atomic E-state index is 13.1. The number of aromatic nitrogens is 1. The summed E-state index contributed by atoms with van der Waals surface area (Å²) in [6.07, 6.45) is 2.31. The molecule has 3 N–H and O–H groups in total. The molecular weight excluding hydrogens is 510 g/mol. The summed E-state index contributed by atoms with van der Waals surface area (Å²) in [5.74, 6) is 1.47. The highest BCUT2D eigenvalue weighted by Gasteiger charge is 2.39. The number of benzene rings is 1. The zero-order chi connectivity index (χ0) is 28.0. The smallest absolute Gasteiger partial charge is 0.257 e. The molecule has 4 heterocycles. The van der Waals surface area contributed by atoms with E-state index in [-0.39, 0.29) is 24.8 Å². The molecule has 1 aromatic carbocycles. The van der Waals surface area contributed by atoms with Crippen molar-refractivity contribution in [3.8, 4) is 5.75 Å². The number of nitrogens with one attached hydrogen (secondary N) is 1. The molecule has 10 heteroatoms. The molecule has 0 saturated carbocycles. The van der Waals surface area contributed by atoms with Crippen LogP contribution in [-0.4, -0.2) is 108 Å². The lowest BCUT2D eigenvalue weighted by atomic mass is 9.73. The minimum absolute atomic E-state index is 0.105. The van der Waals surface area contributed by atoms with Crippen molar-refractivity contribution in [1.82, 2.24) is 20.1 Å². The highest BCUT2D eigenvalue weighted by molar-refractivity contribution is 5.78. The van der Waals surface area contributed by atoms with Gasteiger partial charge in [0.1, 0.15) is 11.6 Å². The van der Waals surface area contributed by atoms with Crippen molar-refractivity contribution in [3.63, 3.8) is 0 Å². The number of hydrogen-bond acceptors (Lipinski definition) is 8. The predicted octanol–water partition coefficient (Wildman–Crippen LogP) is 1.07. The summed E-state index contributed by atoms with van der Waals surface area (Å²) in [6, 6.07) is 13.2. The van der Waals surface area contributed by atoms with Gasteiger partial charge in [0.05, 0.1) is 12.2 Å². The lowest BCUT2D eigenvalue weighted by Gasteiger charge is -2.44. The molecule has 0 bridgehead atoms. The maximum atomic E-state index is 13.1. The van der Waals surface area contributed by atoms with Gasteiger partial charge in [0, 0.05) is 71.4 Å². The molecule has 3 aliphatic heterocycles. The van der Waals surface area contributed by atoms with Crippen LogP contribution in [0.3, 0.4) is 0 Å². The molecule has 40 heavy (non-hydrogen) atoms. The molecule has 2 atom stereocenters. The Balaban J connectivity index is 1.12. The fourth-order valence-corrected chi connectivity index (χ4v) is 6.07. The first-order valence-corrected chi connectivity index (χ1v) is 14.4. The second kappa shape index (κ2) is 13.0. The molecular formula is C30H41N5O5. The first kappa shape index (κ1) is 28.3. The zero-order valence-corrected chi connectivity index (χ0v) is 23.1. The topological polar surface area (TPSA) is 118 Å². The number of piperidine rings is 1. The molecule has 0 radical (unpaired) electrons. The van der Waals surface area contributed by atoms with Crippen LogP contribution in [0.2, 0.25) is 0 Å².